The van der Waals surface area contributed by atoms with E-state index in [4.69, 9.17) is 4.55 Å². The Labute approximate surface area is 173 Å². The number of para-hydroxylation sites is 1. The van der Waals surface area contributed by atoms with Gasteiger partial charge in [-0.2, -0.15) is 13.7 Å². The van der Waals surface area contributed by atoms with Crippen molar-refractivity contribution in [1.82, 2.24) is 4.90 Å². The minimum absolute atomic E-state index is 0.117. The summed E-state index contributed by atoms with van der Waals surface area (Å²) >= 11 is 0. The number of hydrogen-bond donors (Lipinski definition) is 2. The summed E-state index contributed by atoms with van der Waals surface area (Å²) in [6.45, 7) is 2.09. The van der Waals surface area contributed by atoms with Crippen LogP contribution in [0.2, 0.25) is 0 Å². The second-order valence-electron chi connectivity index (χ2n) is 6.58. The smallest absolute Gasteiger partial charge is 0.294 e. The zero-order valence-corrected chi connectivity index (χ0v) is 16.6. The lowest BCUT2D eigenvalue weighted by Crippen LogP contribution is -2.44. The van der Waals surface area contributed by atoms with E-state index in [-0.39, 0.29) is 22.0 Å². The van der Waals surface area contributed by atoms with Gasteiger partial charge in [0.15, 0.2) is 0 Å². The first kappa shape index (κ1) is 21.3. The van der Waals surface area contributed by atoms with Crippen molar-refractivity contribution in [2.24, 2.45) is 0 Å². The van der Waals surface area contributed by atoms with Gasteiger partial charge in [0.25, 0.3) is 16.0 Å². The SMILES string of the molecule is N#C/C(=C/N1CCN(c2ccccc2F)CC1)C(=O)Nc1ccc(S(=O)(=O)O)cc1. The van der Waals surface area contributed by atoms with Gasteiger partial charge in [0, 0.05) is 38.1 Å². The van der Waals surface area contributed by atoms with E-state index in [2.05, 4.69) is 5.32 Å². The molecule has 1 saturated heterocycles. The Kier molecular flexibility index (Phi) is 6.34. The molecule has 1 amide bonds. The Hall–Kier alpha value is -3.42. The molecule has 0 aliphatic carbocycles. The minimum atomic E-state index is -4.33. The quantitative estimate of drug-likeness (QED) is 0.425. The van der Waals surface area contributed by atoms with Gasteiger partial charge in [-0.1, -0.05) is 12.1 Å². The summed E-state index contributed by atoms with van der Waals surface area (Å²) < 4.78 is 45.0. The Morgan fingerprint density at radius 1 is 1.10 bits per heavy atom. The van der Waals surface area contributed by atoms with Crippen molar-refractivity contribution < 1.29 is 22.2 Å². The van der Waals surface area contributed by atoms with Crippen molar-refractivity contribution >= 4 is 27.4 Å². The number of nitriles is 1. The number of benzene rings is 2. The molecule has 0 saturated carbocycles. The molecular formula is C20H19FN4O4S. The van der Waals surface area contributed by atoms with E-state index in [1.807, 2.05) is 15.9 Å². The molecule has 0 aromatic heterocycles. The summed E-state index contributed by atoms with van der Waals surface area (Å²) in [5.41, 5.74) is 0.679. The number of nitrogens with one attached hydrogen (secondary N) is 1. The minimum Gasteiger partial charge on any atom is -0.373 e. The predicted octanol–water partition coefficient (Wildman–Crippen LogP) is 2.24. The highest BCUT2D eigenvalue weighted by Crippen LogP contribution is 2.20. The molecule has 2 N–H and O–H groups in total. The van der Waals surface area contributed by atoms with Crippen molar-refractivity contribution in [2.45, 2.75) is 4.90 Å². The number of anilines is 2. The first-order chi connectivity index (χ1) is 14.3. The average Bonchev–Trinajstić information content (AvgIpc) is 2.72. The molecule has 2 aromatic rings. The third-order valence-electron chi connectivity index (χ3n) is 4.59. The molecule has 0 bridgehead atoms. The van der Waals surface area contributed by atoms with Gasteiger partial charge in [-0.15, -0.1) is 0 Å². The lowest BCUT2D eigenvalue weighted by Gasteiger charge is -2.35. The molecule has 30 heavy (non-hydrogen) atoms. The molecule has 156 valence electrons. The van der Waals surface area contributed by atoms with Crippen molar-refractivity contribution in [3.63, 3.8) is 0 Å². The summed E-state index contributed by atoms with van der Waals surface area (Å²) in [5.74, 6) is -0.938. The van der Waals surface area contributed by atoms with Crippen LogP contribution >= 0.6 is 0 Å². The van der Waals surface area contributed by atoms with E-state index in [9.17, 15) is 22.9 Å². The van der Waals surface area contributed by atoms with Crippen LogP contribution in [-0.4, -0.2) is 50.0 Å². The highest BCUT2D eigenvalue weighted by Gasteiger charge is 2.19. The Morgan fingerprint density at radius 2 is 1.73 bits per heavy atom. The zero-order valence-electron chi connectivity index (χ0n) is 15.8. The van der Waals surface area contributed by atoms with Crippen molar-refractivity contribution in [2.75, 3.05) is 36.4 Å². The van der Waals surface area contributed by atoms with Crippen LogP contribution in [0.5, 0.6) is 0 Å². The molecule has 0 unspecified atom stereocenters. The van der Waals surface area contributed by atoms with Crippen molar-refractivity contribution in [1.29, 1.82) is 5.26 Å². The van der Waals surface area contributed by atoms with E-state index < -0.39 is 16.0 Å². The van der Waals surface area contributed by atoms with Gasteiger partial charge in [0.05, 0.1) is 10.6 Å². The molecule has 1 fully saturated rings. The molecule has 3 rings (SSSR count). The fourth-order valence-corrected chi connectivity index (χ4v) is 3.51. The van der Waals surface area contributed by atoms with E-state index >= 15 is 0 Å². The molecule has 2 aromatic carbocycles. The van der Waals surface area contributed by atoms with Crippen molar-refractivity contribution in [3.05, 3.63) is 66.1 Å². The first-order valence-corrected chi connectivity index (χ1v) is 10.5. The van der Waals surface area contributed by atoms with Gasteiger partial charge in [0.2, 0.25) is 0 Å². The Morgan fingerprint density at radius 3 is 2.30 bits per heavy atom. The molecule has 0 spiro atoms. The Balaban J connectivity index is 1.62. The number of nitrogens with zero attached hydrogens (tertiary/aromatic N) is 3. The second-order valence-corrected chi connectivity index (χ2v) is 8.00. The number of halogens is 1. The lowest BCUT2D eigenvalue weighted by atomic mass is 10.2. The van der Waals surface area contributed by atoms with Crippen LogP contribution in [-0.2, 0) is 14.9 Å². The fourth-order valence-electron chi connectivity index (χ4n) is 3.03. The van der Waals surface area contributed by atoms with Crippen LogP contribution in [0.3, 0.4) is 0 Å². The third-order valence-corrected chi connectivity index (χ3v) is 5.46. The summed E-state index contributed by atoms with van der Waals surface area (Å²) in [5, 5.41) is 11.9. The zero-order chi connectivity index (χ0) is 21.7. The van der Waals surface area contributed by atoms with Crippen LogP contribution in [0.4, 0.5) is 15.8 Å². The van der Waals surface area contributed by atoms with Gasteiger partial charge < -0.3 is 15.1 Å². The average molecular weight is 430 g/mol. The summed E-state index contributed by atoms with van der Waals surface area (Å²) in [7, 11) is -4.33. The largest absolute Gasteiger partial charge is 0.373 e. The highest BCUT2D eigenvalue weighted by molar-refractivity contribution is 7.85. The van der Waals surface area contributed by atoms with Crippen molar-refractivity contribution in [3.8, 4) is 6.07 Å². The fraction of sp³-hybridized carbons (Fsp3) is 0.200. The van der Waals surface area contributed by atoms with Crippen LogP contribution in [0, 0.1) is 17.1 Å². The molecule has 1 heterocycles. The number of carbonyl (C=O) groups excluding carboxylic acids is 1. The maximum Gasteiger partial charge on any atom is 0.294 e. The maximum absolute atomic E-state index is 13.9. The first-order valence-electron chi connectivity index (χ1n) is 9.02. The number of piperazine rings is 1. The number of hydrogen-bond acceptors (Lipinski definition) is 6. The monoisotopic (exact) mass is 430 g/mol. The van der Waals surface area contributed by atoms with Crippen LogP contribution in [0.1, 0.15) is 0 Å². The van der Waals surface area contributed by atoms with Crippen LogP contribution < -0.4 is 10.2 Å². The van der Waals surface area contributed by atoms with E-state index in [0.717, 1.165) is 12.1 Å². The summed E-state index contributed by atoms with van der Waals surface area (Å²) in [6, 6.07) is 13.3. The van der Waals surface area contributed by atoms with Crippen LogP contribution in [0.15, 0.2) is 65.2 Å². The number of amides is 1. The summed E-state index contributed by atoms with van der Waals surface area (Å²) in [6.07, 6.45) is 1.46. The second kappa shape index (κ2) is 8.94. The molecular weight excluding hydrogens is 411 g/mol. The van der Waals surface area contributed by atoms with Gasteiger partial charge in [-0.3, -0.25) is 9.35 Å². The molecule has 10 heteroatoms. The van der Waals surface area contributed by atoms with Crippen LogP contribution in [0.25, 0.3) is 0 Å². The number of carbonyl (C=O) groups is 1. The highest BCUT2D eigenvalue weighted by atomic mass is 32.2. The molecule has 0 radical (unpaired) electrons. The third kappa shape index (κ3) is 5.14. The maximum atomic E-state index is 13.9. The normalized spacial score (nSPS) is 14.9. The van der Waals surface area contributed by atoms with Gasteiger partial charge in [0.1, 0.15) is 17.5 Å². The molecule has 1 aliphatic heterocycles. The topological polar surface area (TPSA) is 114 Å². The van der Waals surface area contributed by atoms with E-state index in [1.54, 1.807) is 18.2 Å². The number of rotatable bonds is 5. The van der Waals surface area contributed by atoms with Gasteiger partial charge in [-0.05, 0) is 36.4 Å². The van der Waals surface area contributed by atoms with E-state index in [1.165, 1.54) is 24.4 Å². The van der Waals surface area contributed by atoms with E-state index in [0.29, 0.717) is 31.9 Å². The molecule has 1 aliphatic rings. The predicted molar refractivity (Wildman–Crippen MR) is 109 cm³/mol. The van der Waals surface area contributed by atoms with Gasteiger partial charge in [-0.25, -0.2) is 4.39 Å². The lowest BCUT2D eigenvalue weighted by molar-refractivity contribution is -0.112. The molecule has 0 atom stereocenters. The van der Waals surface area contributed by atoms with Gasteiger partial charge >= 0.3 is 0 Å². The summed E-state index contributed by atoms with van der Waals surface area (Å²) in [4.78, 5) is 15.8. The Bertz CT molecular complexity index is 1100. The standard InChI is InChI=1S/C20H19FN4O4S/c21-18-3-1-2-4-19(18)25-11-9-24(10-12-25)14-15(13-22)20(26)23-16-5-7-17(8-6-16)30(27,28)29/h1-8,14H,9-12H2,(H,23,26)(H,27,28,29)/b15-14-. The molecule has 8 nitrogen and oxygen atoms in total.